The number of fused-ring (bicyclic) bond motifs is 1. The number of carbonyl (C=O) groups is 2. The first kappa shape index (κ1) is 15.6. The lowest BCUT2D eigenvalue weighted by Gasteiger charge is -2.25. The van der Waals surface area contributed by atoms with Crippen LogP contribution in [0.2, 0.25) is 0 Å². The van der Waals surface area contributed by atoms with Gasteiger partial charge in [-0.25, -0.2) is 0 Å². The molecule has 1 atom stereocenters. The molecule has 24 heavy (non-hydrogen) atoms. The summed E-state index contributed by atoms with van der Waals surface area (Å²) in [4.78, 5) is 23.7. The Morgan fingerprint density at radius 3 is 2.46 bits per heavy atom. The zero-order valence-corrected chi connectivity index (χ0v) is 12.8. The largest absolute Gasteiger partial charge is 0.485 e. The lowest BCUT2D eigenvalue weighted by Crippen LogP contribution is -2.50. The second kappa shape index (κ2) is 7.32. The summed E-state index contributed by atoms with van der Waals surface area (Å²) in [6.07, 6.45) is 2.17. The van der Waals surface area contributed by atoms with Gasteiger partial charge in [-0.1, -0.05) is 42.5 Å². The number of rotatable bonds is 3. The van der Waals surface area contributed by atoms with Gasteiger partial charge in [0, 0.05) is 6.08 Å². The third kappa shape index (κ3) is 3.92. The van der Waals surface area contributed by atoms with E-state index in [1.165, 1.54) is 6.08 Å². The SMILES string of the molecule is O=C(/C=C/c1ccccc1)NNC(=O)[C@H]1COc2ccccc2O1. The fourth-order valence-corrected chi connectivity index (χ4v) is 2.13. The third-order valence-electron chi connectivity index (χ3n) is 3.34. The molecule has 1 aliphatic rings. The zero-order valence-electron chi connectivity index (χ0n) is 12.8. The van der Waals surface area contributed by atoms with Gasteiger partial charge < -0.3 is 9.47 Å². The van der Waals surface area contributed by atoms with Crippen LogP contribution in [0.25, 0.3) is 6.08 Å². The minimum Gasteiger partial charge on any atom is -0.485 e. The first-order chi connectivity index (χ1) is 11.7. The Labute approximate surface area is 139 Å². The Balaban J connectivity index is 1.49. The number of amides is 2. The number of carbonyl (C=O) groups excluding carboxylic acids is 2. The van der Waals surface area contributed by atoms with Gasteiger partial charge in [0.05, 0.1) is 0 Å². The van der Waals surface area contributed by atoms with Crippen molar-refractivity contribution in [2.75, 3.05) is 6.61 Å². The van der Waals surface area contributed by atoms with E-state index in [9.17, 15) is 9.59 Å². The standard InChI is InChI=1S/C18H16N2O4/c21-17(11-10-13-6-2-1-3-7-13)19-20-18(22)16-12-23-14-8-4-5-9-15(14)24-16/h1-11,16H,12H2,(H,19,21)(H,20,22)/b11-10+/t16-/m1/s1. The number of para-hydroxylation sites is 2. The molecule has 0 aliphatic carbocycles. The van der Waals surface area contributed by atoms with Gasteiger partial charge in [-0.2, -0.15) is 0 Å². The molecule has 0 saturated carbocycles. The number of hydrazine groups is 1. The second-order valence-corrected chi connectivity index (χ2v) is 5.09. The van der Waals surface area contributed by atoms with E-state index < -0.39 is 17.9 Å². The lowest BCUT2D eigenvalue weighted by atomic mass is 10.2. The predicted molar refractivity (Wildman–Crippen MR) is 88.1 cm³/mol. The van der Waals surface area contributed by atoms with Crippen LogP contribution in [0.3, 0.4) is 0 Å². The molecule has 0 saturated heterocycles. The maximum atomic E-state index is 12.0. The molecule has 0 spiro atoms. The van der Waals surface area contributed by atoms with Crippen molar-refractivity contribution in [2.24, 2.45) is 0 Å². The molecule has 2 amide bonds. The van der Waals surface area contributed by atoms with Gasteiger partial charge in [0.1, 0.15) is 6.61 Å². The summed E-state index contributed by atoms with van der Waals surface area (Å²) in [5.41, 5.74) is 5.53. The first-order valence-corrected chi connectivity index (χ1v) is 7.44. The molecule has 0 bridgehead atoms. The average Bonchev–Trinajstić information content (AvgIpc) is 2.65. The fraction of sp³-hybridized carbons (Fsp3) is 0.111. The Hall–Kier alpha value is -3.28. The molecule has 0 fully saturated rings. The van der Waals surface area contributed by atoms with Crippen LogP contribution in [0.15, 0.2) is 60.7 Å². The lowest BCUT2D eigenvalue weighted by molar-refractivity contribution is -0.134. The number of hydrogen-bond acceptors (Lipinski definition) is 4. The molecule has 1 aliphatic heterocycles. The van der Waals surface area contributed by atoms with Crippen LogP contribution in [0, 0.1) is 0 Å². The van der Waals surface area contributed by atoms with Crippen molar-refractivity contribution in [3.05, 3.63) is 66.2 Å². The normalized spacial score (nSPS) is 15.8. The molecule has 0 aromatic heterocycles. The molecule has 1 heterocycles. The molecule has 122 valence electrons. The van der Waals surface area contributed by atoms with Gasteiger partial charge in [-0.15, -0.1) is 0 Å². The summed E-state index contributed by atoms with van der Waals surface area (Å²) in [5.74, 6) is 0.172. The van der Waals surface area contributed by atoms with E-state index >= 15 is 0 Å². The smallest absolute Gasteiger partial charge is 0.283 e. The highest BCUT2D eigenvalue weighted by molar-refractivity contribution is 5.93. The Morgan fingerprint density at radius 1 is 0.958 bits per heavy atom. The van der Waals surface area contributed by atoms with Crippen LogP contribution in [0.1, 0.15) is 5.56 Å². The van der Waals surface area contributed by atoms with Crippen LogP contribution >= 0.6 is 0 Å². The van der Waals surface area contributed by atoms with Gasteiger partial charge in [0.2, 0.25) is 6.10 Å². The van der Waals surface area contributed by atoms with Crippen molar-refractivity contribution < 1.29 is 19.1 Å². The number of nitrogens with one attached hydrogen (secondary N) is 2. The molecule has 2 aromatic carbocycles. The predicted octanol–water partition coefficient (Wildman–Crippen LogP) is 1.69. The highest BCUT2D eigenvalue weighted by Gasteiger charge is 2.27. The monoisotopic (exact) mass is 324 g/mol. The fourth-order valence-electron chi connectivity index (χ4n) is 2.13. The minimum atomic E-state index is -0.821. The summed E-state index contributed by atoms with van der Waals surface area (Å²) < 4.78 is 11.0. The molecule has 6 nitrogen and oxygen atoms in total. The van der Waals surface area contributed by atoms with Crippen LogP contribution in [-0.2, 0) is 9.59 Å². The van der Waals surface area contributed by atoms with Crippen molar-refractivity contribution in [3.8, 4) is 11.5 Å². The van der Waals surface area contributed by atoms with Gasteiger partial charge >= 0.3 is 0 Å². The van der Waals surface area contributed by atoms with Gasteiger partial charge in [-0.05, 0) is 23.8 Å². The molecule has 3 rings (SSSR count). The summed E-state index contributed by atoms with van der Waals surface area (Å²) in [7, 11) is 0. The third-order valence-corrected chi connectivity index (χ3v) is 3.34. The number of benzene rings is 2. The highest BCUT2D eigenvalue weighted by atomic mass is 16.6. The minimum absolute atomic E-state index is 0.0819. The summed E-state index contributed by atoms with van der Waals surface area (Å²) >= 11 is 0. The number of hydrogen-bond donors (Lipinski definition) is 2. The van der Waals surface area contributed by atoms with Crippen molar-refractivity contribution >= 4 is 17.9 Å². The Kier molecular flexibility index (Phi) is 4.76. The quantitative estimate of drug-likeness (QED) is 0.665. The van der Waals surface area contributed by atoms with Crippen molar-refractivity contribution in [1.29, 1.82) is 0 Å². The van der Waals surface area contributed by atoms with E-state index in [1.807, 2.05) is 36.4 Å². The summed E-state index contributed by atoms with van der Waals surface area (Å²) in [6.45, 7) is 0.0819. The van der Waals surface area contributed by atoms with Gasteiger partial charge in [0.25, 0.3) is 11.8 Å². The summed E-state index contributed by atoms with van der Waals surface area (Å²) in [5, 5.41) is 0. The van der Waals surface area contributed by atoms with Crippen LogP contribution in [0.5, 0.6) is 11.5 Å². The molecule has 2 aromatic rings. The molecule has 2 N–H and O–H groups in total. The van der Waals surface area contributed by atoms with Crippen LogP contribution in [0.4, 0.5) is 0 Å². The Bertz CT molecular complexity index is 759. The topological polar surface area (TPSA) is 76.7 Å². The van der Waals surface area contributed by atoms with Crippen molar-refractivity contribution in [2.45, 2.75) is 6.10 Å². The maximum Gasteiger partial charge on any atom is 0.283 e. The highest BCUT2D eigenvalue weighted by Crippen LogP contribution is 2.30. The molecule has 0 unspecified atom stereocenters. The molecular weight excluding hydrogens is 308 g/mol. The van der Waals surface area contributed by atoms with E-state index in [1.54, 1.807) is 24.3 Å². The molecular formula is C18H16N2O4. The first-order valence-electron chi connectivity index (χ1n) is 7.44. The van der Waals surface area contributed by atoms with Crippen molar-refractivity contribution in [1.82, 2.24) is 10.9 Å². The van der Waals surface area contributed by atoms with E-state index in [0.717, 1.165) is 5.56 Å². The van der Waals surface area contributed by atoms with Gasteiger partial charge in [0.15, 0.2) is 11.5 Å². The zero-order chi connectivity index (χ0) is 16.8. The summed E-state index contributed by atoms with van der Waals surface area (Å²) in [6, 6.07) is 16.5. The van der Waals surface area contributed by atoms with Crippen molar-refractivity contribution in [3.63, 3.8) is 0 Å². The van der Waals surface area contributed by atoms with E-state index in [4.69, 9.17) is 9.47 Å². The maximum absolute atomic E-state index is 12.0. The van der Waals surface area contributed by atoms with Crippen LogP contribution < -0.4 is 20.3 Å². The average molecular weight is 324 g/mol. The van der Waals surface area contributed by atoms with Crippen LogP contribution in [-0.4, -0.2) is 24.5 Å². The number of ether oxygens (including phenoxy) is 2. The van der Waals surface area contributed by atoms with Gasteiger partial charge in [-0.3, -0.25) is 20.4 Å². The molecule has 0 radical (unpaired) electrons. The van der Waals surface area contributed by atoms with E-state index in [0.29, 0.717) is 11.5 Å². The van der Waals surface area contributed by atoms with E-state index in [-0.39, 0.29) is 6.61 Å². The second-order valence-electron chi connectivity index (χ2n) is 5.09. The Morgan fingerprint density at radius 2 is 1.67 bits per heavy atom. The molecule has 6 heteroatoms. The van der Waals surface area contributed by atoms with E-state index in [2.05, 4.69) is 10.9 Å².